The Morgan fingerprint density at radius 2 is 2.20 bits per heavy atom. The third-order valence-corrected chi connectivity index (χ3v) is 2.76. The molecule has 0 amide bonds. The van der Waals surface area contributed by atoms with Crippen LogP contribution in [0.2, 0.25) is 0 Å². The van der Waals surface area contributed by atoms with Crippen LogP contribution in [0, 0.1) is 5.82 Å². The van der Waals surface area contributed by atoms with Gasteiger partial charge in [-0.15, -0.1) is 11.8 Å². The van der Waals surface area contributed by atoms with E-state index in [0.717, 1.165) is 4.90 Å². The molecule has 0 spiro atoms. The van der Waals surface area contributed by atoms with E-state index in [4.69, 9.17) is 10.3 Å². The summed E-state index contributed by atoms with van der Waals surface area (Å²) in [6, 6.07) is 6.12. The summed E-state index contributed by atoms with van der Waals surface area (Å²) in [6.45, 7) is 0. The lowest BCUT2D eigenvalue weighted by molar-refractivity contribution is 0.439. The third-order valence-electron chi connectivity index (χ3n) is 1.97. The topological polar surface area (TPSA) is 52.0 Å². The molecule has 0 aliphatic heterocycles. The van der Waals surface area contributed by atoms with Gasteiger partial charge in [-0.05, 0) is 24.5 Å². The summed E-state index contributed by atoms with van der Waals surface area (Å²) in [7, 11) is 0. The van der Waals surface area contributed by atoms with E-state index in [0.29, 0.717) is 11.3 Å². The molecule has 1 aromatic carbocycles. The zero-order valence-corrected chi connectivity index (χ0v) is 8.84. The Balaban J connectivity index is 2.55. The Morgan fingerprint density at radius 3 is 2.80 bits per heavy atom. The van der Waals surface area contributed by atoms with Crippen LogP contribution in [0.3, 0.4) is 0 Å². The second kappa shape index (κ2) is 3.94. The van der Waals surface area contributed by atoms with Gasteiger partial charge in [0.15, 0.2) is 0 Å². The number of thioether (sulfide) groups is 1. The molecule has 2 rings (SSSR count). The van der Waals surface area contributed by atoms with Gasteiger partial charge in [0.25, 0.3) is 0 Å². The van der Waals surface area contributed by atoms with Crippen molar-refractivity contribution in [1.82, 2.24) is 5.16 Å². The number of aromatic nitrogens is 1. The van der Waals surface area contributed by atoms with E-state index in [-0.39, 0.29) is 11.7 Å². The van der Waals surface area contributed by atoms with Gasteiger partial charge in [-0.1, -0.05) is 5.16 Å². The summed E-state index contributed by atoms with van der Waals surface area (Å²) in [5.74, 6) is -0.0781. The highest BCUT2D eigenvalue weighted by molar-refractivity contribution is 7.98. The van der Waals surface area contributed by atoms with E-state index in [1.54, 1.807) is 12.1 Å². The molecule has 0 saturated heterocycles. The smallest absolute Gasteiger partial charge is 0.222 e. The molecule has 1 aromatic heterocycles. The summed E-state index contributed by atoms with van der Waals surface area (Å²) in [5, 5.41) is 3.76. The quantitative estimate of drug-likeness (QED) is 0.797. The molecule has 0 bridgehead atoms. The molecular weight excluding hydrogens is 215 g/mol. The van der Waals surface area contributed by atoms with Crippen LogP contribution in [0.1, 0.15) is 0 Å². The number of nitrogens with zero attached hydrogens (tertiary/aromatic N) is 1. The number of anilines is 1. The predicted octanol–water partition coefficient (Wildman–Crippen LogP) is 2.78. The number of benzene rings is 1. The van der Waals surface area contributed by atoms with E-state index in [1.165, 1.54) is 23.9 Å². The SMILES string of the molecule is CSc1ccc(F)cc1-c1cc(N)on1. The Bertz CT molecular complexity index is 484. The van der Waals surface area contributed by atoms with Crippen LogP contribution in [0.25, 0.3) is 11.3 Å². The van der Waals surface area contributed by atoms with Crippen LogP contribution < -0.4 is 5.73 Å². The minimum atomic E-state index is -0.302. The average molecular weight is 224 g/mol. The number of nitrogens with two attached hydrogens (primary N) is 1. The third kappa shape index (κ3) is 1.97. The molecule has 0 aliphatic rings. The second-order valence-electron chi connectivity index (χ2n) is 2.96. The van der Waals surface area contributed by atoms with Crippen molar-refractivity contribution in [3.05, 3.63) is 30.1 Å². The minimum absolute atomic E-state index is 0.223. The lowest BCUT2D eigenvalue weighted by Gasteiger charge is -2.03. The molecule has 2 aromatic rings. The molecule has 2 N–H and O–H groups in total. The molecule has 5 heteroatoms. The maximum Gasteiger partial charge on any atom is 0.222 e. The molecule has 0 atom stereocenters. The molecule has 1 heterocycles. The minimum Gasteiger partial charge on any atom is -0.368 e. The van der Waals surface area contributed by atoms with Crippen molar-refractivity contribution >= 4 is 17.6 Å². The van der Waals surface area contributed by atoms with E-state index in [1.807, 2.05) is 6.26 Å². The zero-order chi connectivity index (χ0) is 10.8. The first kappa shape index (κ1) is 10.0. The maximum atomic E-state index is 13.1. The first-order chi connectivity index (χ1) is 7.20. The van der Waals surface area contributed by atoms with Crippen molar-refractivity contribution in [2.45, 2.75) is 4.90 Å². The Labute approximate surface area is 90.4 Å². The average Bonchev–Trinajstić information content (AvgIpc) is 2.65. The van der Waals surface area contributed by atoms with Crippen molar-refractivity contribution in [3.8, 4) is 11.3 Å². The fraction of sp³-hybridized carbons (Fsp3) is 0.100. The van der Waals surface area contributed by atoms with Crippen LogP contribution in [0.4, 0.5) is 10.3 Å². The van der Waals surface area contributed by atoms with Gasteiger partial charge in [0.2, 0.25) is 5.88 Å². The van der Waals surface area contributed by atoms with Crippen molar-refractivity contribution < 1.29 is 8.91 Å². The van der Waals surface area contributed by atoms with Crippen molar-refractivity contribution in [3.63, 3.8) is 0 Å². The fourth-order valence-corrected chi connectivity index (χ4v) is 1.88. The summed E-state index contributed by atoms with van der Waals surface area (Å²) in [5.41, 5.74) is 6.67. The standard InChI is InChI=1S/C10H9FN2OS/c1-15-9-3-2-6(11)4-7(9)8-5-10(12)14-13-8/h2-5H,12H2,1H3. The number of halogens is 1. The first-order valence-electron chi connectivity index (χ1n) is 4.27. The lowest BCUT2D eigenvalue weighted by atomic mass is 10.1. The van der Waals surface area contributed by atoms with Crippen LogP contribution in [-0.4, -0.2) is 11.4 Å². The highest BCUT2D eigenvalue weighted by atomic mass is 32.2. The summed E-state index contributed by atoms with van der Waals surface area (Å²) in [4.78, 5) is 0.935. The second-order valence-corrected chi connectivity index (χ2v) is 3.81. The molecule has 0 fully saturated rings. The van der Waals surface area contributed by atoms with E-state index in [9.17, 15) is 4.39 Å². The molecule has 0 saturated carbocycles. The molecule has 3 nitrogen and oxygen atoms in total. The van der Waals surface area contributed by atoms with Crippen molar-refractivity contribution in [1.29, 1.82) is 0 Å². The van der Waals surface area contributed by atoms with Crippen LogP contribution in [0.5, 0.6) is 0 Å². The summed E-state index contributed by atoms with van der Waals surface area (Å²) in [6.07, 6.45) is 1.92. The number of hydrogen-bond donors (Lipinski definition) is 1. The molecule has 0 unspecified atom stereocenters. The number of nitrogen functional groups attached to an aromatic ring is 1. The van der Waals surface area contributed by atoms with E-state index in [2.05, 4.69) is 5.16 Å². The molecule has 15 heavy (non-hydrogen) atoms. The van der Waals surface area contributed by atoms with Crippen LogP contribution >= 0.6 is 11.8 Å². The zero-order valence-electron chi connectivity index (χ0n) is 8.03. The number of rotatable bonds is 2. The van der Waals surface area contributed by atoms with Crippen molar-refractivity contribution in [2.24, 2.45) is 0 Å². The number of hydrogen-bond acceptors (Lipinski definition) is 4. The van der Waals surface area contributed by atoms with Gasteiger partial charge in [0.1, 0.15) is 11.5 Å². The normalized spacial score (nSPS) is 10.5. The Hall–Kier alpha value is -1.49. The molecule has 0 radical (unpaired) electrons. The fourth-order valence-electron chi connectivity index (χ4n) is 1.30. The van der Waals surface area contributed by atoms with Gasteiger partial charge in [0, 0.05) is 16.5 Å². The van der Waals surface area contributed by atoms with Crippen LogP contribution in [-0.2, 0) is 0 Å². The highest BCUT2D eigenvalue weighted by Crippen LogP contribution is 2.30. The van der Waals surface area contributed by atoms with Gasteiger partial charge in [-0.3, -0.25) is 0 Å². The molecular formula is C10H9FN2OS. The van der Waals surface area contributed by atoms with Gasteiger partial charge in [0.05, 0.1) is 0 Å². The predicted molar refractivity (Wildman–Crippen MR) is 58.1 cm³/mol. The van der Waals surface area contributed by atoms with E-state index < -0.39 is 0 Å². The summed E-state index contributed by atoms with van der Waals surface area (Å²) < 4.78 is 17.8. The van der Waals surface area contributed by atoms with Crippen molar-refractivity contribution in [2.75, 3.05) is 12.0 Å². The molecule has 78 valence electrons. The van der Waals surface area contributed by atoms with Gasteiger partial charge >= 0.3 is 0 Å². The highest BCUT2D eigenvalue weighted by Gasteiger charge is 2.10. The van der Waals surface area contributed by atoms with Gasteiger partial charge in [-0.2, -0.15) is 0 Å². The van der Waals surface area contributed by atoms with Crippen LogP contribution in [0.15, 0.2) is 33.7 Å². The molecule has 0 aliphatic carbocycles. The van der Waals surface area contributed by atoms with Gasteiger partial charge < -0.3 is 10.3 Å². The Morgan fingerprint density at radius 1 is 1.40 bits per heavy atom. The monoisotopic (exact) mass is 224 g/mol. The largest absolute Gasteiger partial charge is 0.368 e. The lowest BCUT2D eigenvalue weighted by Crippen LogP contribution is -1.84. The van der Waals surface area contributed by atoms with E-state index >= 15 is 0 Å². The Kier molecular flexibility index (Phi) is 2.64. The first-order valence-corrected chi connectivity index (χ1v) is 5.49. The summed E-state index contributed by atoms with van der Waals surface area (Å²) >= 11 is 1.52. The maximum absolute atomic E-state index is 13.1. The van der Waals surface area contributed by atoms with Gasteiger partial charge in [-0.25, -0.2) is 4.39 Å².